The van der Waals surface area contributed by atoms with Crippen molar-refractivity contribution in [2.75, 3.05) is 0 Å². The van der Waals surface area contributed by atoms with Gasteiger partial charge in [0.25, 0.3) is 0 Å². The minimum atomic E-state index is -0.787. The Kier molecular flexibility index (Phi) is 4.08. The summed E-state index contributed by atoms with van der Waals surface area (Å²) < 4.78 is 5.29. The minimum Gasteiger partial charge on any atom is -0.508 e. The van der Waals surface area contributed by atoms with Gasteiger partial charge in [-0.05, 0) is 25.1 Å². The average Bonchev–Trinajstić information content (AvgIpc) is 2.54. The fourth-order valence-electron chi connectivity index (χ4n) is 2.89. The van der Waals surface area contributed by atoms with Gasteiger partial charge in [-0.3, -0.25) is 4.79 Å². The molecule has 0 aliphatic rings. The average molecular weight is 324 g/mol. The number of phenolic OH excluding ortho intramolecular Hbond substituents is 1. The number of carbonyl (C=O) groups is 1. The zero-order valence-corrected chi connectivity index (χ0v) is 13.0. The molecule has 0 aliphatic heterocycles. The van der Waals surface area contributed by atoms with E-state index in [2.05, 4.69) is 0 Å². The van der Waals surface area contributed by atoms with Crippen LogP contribution in [0.5, 0.6) is 11.5 Å². The summed E-state index contributed by atoms with van der Waals surface area (Å²) in [5.74, 6) is -1.23. The fourth-order valence-corrected chi connectivity index (χ4v) is 2.89. The van der Waals surface area contributed by atoms with E-state index in [0.717, 1.165) is 0 Å². The maximum atomic E-state index is 12.4. The van der Waals surface area contributed by atoms with Gasteiger partial charge in [0.15, 0.2) is 0 Å². The van der Waals surface area contributed by atoms with Crippen molar-refractivity contribution < 1.29 is 19.4 Å². The van der Waals surface area contributed by atoms with E-state index in [-0.39, 0.29) is 34.8 Å². The molecular formula is C19H16O5. The van der Waals surface area contributed by atoms with E-state index in [1.807, 2.05) is 0 Å². The summed E-state index contributed by atoms with van der Waals surface area (Å²) >= 11 is 0. The predicted octanol–water partition coefficient (Wildman–Crippen LogP) is 3.32. The lowest BCUT2D eigenvalue weighted by atomic mass is 9.86. The van der Waals surface area contributed by atoms with Gasteiger partial charge in [0.2, 0.25) is 0 Å². The second-order valence-corrected chi connectivity index (χ2v) is 5.67. The van der Waals surface area contributed by atoms with Crippen molar-refractivity contribution in [3.05, 3.63) is 70.1 Å². The van der Waals surface area contributed by atoms with Crippen LogP contribution in [0.15, 0.2) is 57.7 Å². The molecule has 0 amide bonds. The number of hydrogen-bond donors (Lipinski definition) is 2. The topological polar surface area (TPSA) is 87.7 Å². The molecule has 3 aromatic rings. The molecule has 0 saturated carbocycles. The molecule has 5 heteroatoms. The summed E-state index contributed by atoms with van der Waals surface area (Å²) in [4.78, 5) is 24.1. The van der Waals surface area contributed by atoms with E-state index in [1.54, 1.807) is 42.5 Å². The van der Waals surface area contributed by atoms with Crippen LogP contribution in [-0.2, 0) is 4.79 Å². The Balaban J connectivity index is 2.29. The molecule has 122 valence electrons. The van der Waals surface area contributed by atoms with Crippen molar-refractivity contribution in [1.82, 2.24) is 0 Å². The minimum absolute atomic E-state index is 0.0228. The van der Waals surface area contributed by atoms with Crippen molar-refractivity contribution >= 4 is 16.8 Å². The molecule has 0 radical (unpaired) electrons. The quantitative estimate of drug-likeness (QED) is 0.719. The van der Waals surface area contributed by atoms with Gasteiger partial charge in [-0.1, -0.05) is 30.3 Å². The molecule has 1 aromatic heterocycles. The van der Waals surface area contributed by atoms with Gasteiger partial charge in [-0.2, -0.15) is 0 Å². The first-order valence-corrected chi connectivity index (χ1v) is 7.51. The zero-order valence-electron chi connectivity index (χ0n) is 13.0. The lowest BCUT2D eigenvalue weighted by Gasteiger charge is -2.18. The third-order valence-electron chi connectivity index (χ3n) is 3.97. The van der Waals surface area contributed by atoms with Gasteiger partial charge in [0.05, 0.1) is 10.9 Å². The number of carbonyl (C=O) groups excluding carboxylic acids is 1. The molecule has 2 N–H and O–H groups in total. The molecule has 0 saturated heterocycles. The first-order chi connectivity index (χ1) is 11.5. The fraction of sp³-hybridized carbons (Fsp3) is 0.158. The van der Waals surface area contributed by atoms with Crippen LogP contribution in [0.25, 0.3) is 11.0 Å². The third-order valence-corrected chi connectivity index (χ3v) is 3.97. The van der Waals surface area contributed by atoms with Crippen molar-refractivity contribution in [1.29, 1.82) is 0 Å². The molecule has 0 bridgehead atoms. The first-order valence-electron chi connectivity index (χ1n) is 7.51. The number of phenols is 1. The number of para-hydroxylation sites is 2. The second-order valence-electron chi connectivity index (χ2n) is 5.67. The largest absolute Gasteiger partial charge is 0.508 e. The molecule has 0 spiro atoms. The Morgan fingerprint density at radius 1 is 1.08 bits per heavy atom. The Labute approximate surface area is 137 Å². The highest BCUT2D eigenvalue weighted by Crippen LogP contribution is 2.38. The smallest absolute Gasteiger partial charge is 0.343 e. The Hall–Kier alpha value is -3.08. The molecule has 0 aliphatic carbocycles. The molecule has 1 atom stereocenters. The summed E-state index contributed by atoms with van der Waals surface area (Å²) in [6, 6.07) is 13.1. The molecule has 0 fully saturated rings. The summed E-state index contributed by atoms with van der Waals surface area (Å²) in [5, 5.41) is 21.1. The Morgan fingerprint density at radius 2 is 1.75 bits per heavy atom. The van der Waals surface area contributed by atoms with E-state index in [0.29, 0.717) is 10.9 Å². The first kappa shape index (κ1) is 15.8. The molecule has 1 heterocycles. The molecule has 24 heavy (non-hydrogen) atoms. The van der Waals surface area contributed by atoms with E-state index in [4.69, 9.17) is 4.42 Å². The van der Waals surface area contributed by atoms with Gasteiger partial charge < -0.3 is 14.6 Å². The van der Waals surface area contributed by atoms with Crippen LogP contribution in [0.4, 0.5) is 0 Å². The molecule has 2 aromatic carbocycles. The number of ketones is 1. The van der Waals surface area contributed by atoms with Gasteiger partial charge in [0, 0.05) is 17.9 Å². The van der Waals surface area contributed by atoms with Gasteiger partial charge >= 0.3 is 5.63 Å². The number of hydrogen-bond acceptors (Lipinski definition) is 5. The molecule has 5 nitrogen and oxygen atoms in total. The molecule has 1 unspecified atom stereocenters. The highest BCUT2D eigenvalue weighted by atomic mass is 16.4. The lowest BCUT2D eigenvalue weighted by Crippen LogP contribution is -2.16. The lowest BCUT2D eigenvalue weighted by molar-refractivity contribution is -0.117. The maximum Gasteiger partial charge on any atom is 0.343 e. The van der Waals surface area contributed by atoms with Gasteiger partial charge in [-0.15, -0.1) is 0 Å². The highest BCUT2D eigenvalue weighted by Gasteiger charge is 2.27. The van der Waals surface area contributed by atoms with E-state index >= 15 is 0 Å². The van der Waals surface area contributed by atoms with Crippen molar-refractivity contribution in [2.45, 2.75) is 19.3 Å². The highest BCUT2D eigenvalue weighted by molar-refractivity contribution is 5.85. The van der Waals surface area contributed by atoms with E-state index in [1.165, 1.54) is 13.0 Å². The number of rotatable bonds is 4. The van der Waals surface area contributed by atoms with Crippen LogP contribution < -0.4 is 5.63 Å². The van der Waals surface area contributed by atoms with Crippen molar-refractivity contribution in [2.24, 2.45) is 0 Å². The number of benzene rings is 2. The predicted molar refractivity (Wildman–Crippen MR) is 89.4 cm³/mol. The van der Waals surface area contributed by atoms with Crippen LogP contribution in [-0.4, -0.2) is 16.0 Å². The van der Waals surface area contributed by atoms with Crippen molar-refractivity contribution in [3.8, 4) is 11.5 Å². The zero-order chi connectivity index (χ0) is 17.3. The van der Waals surface area contributed by atoms with Gasteiger partial charge in [0.1, 0.15) is 22.9 Å². The van der Waals surface area contributed by atoms with E-state index in [9.17, 15) is 19.8 Å². The van der Waals surface area contributed by atoms with Crippen LogP contribution in [0.3, 0.4) is 0 Å². The van der Waals surface area contributed by atoms with Crippen LogP contribution in [0, 0.1) is 0 Å². The Morgan fingerprint density at radius 3 is 2.46 bits per heavy atom. The number of Topliss-reactive ketones (excluding diaryl/α,β-unsaturated/α-hetero) is 1. The van der Waals surface area contributed by atoms with Crippen LogP contribution >= 0.6 is 0 Å². The maximum absolute atomic E-state index is 12.4. The van der Waals surface area contributed by atoms with Crippen molar-refractivity contribution in [3.63, 3.8) is 0 Å². The second kappa shape index (κ2) is 6.20. The normalized spacial score (nSPS) is 12.2. The van der Waals surface area contributed by atoms with E-state index < -0.39 is 11.5 Å². The van der Waals surface area contributed by atoms with Crippen LogP contribution in [0.1, 0.15) is 30.4 Å². The van der Waals surface area contributed by atoms with Gasteiger partial charge in [-0.25, -0.2) is 4.79 Å². The monoisotopic (exact) mass is 324 g/mol. The summed E-state index contributed by atoms with van der Waals surface area (Å²) in [6.45, 7) is 1.40. The standard InChI is InChI=1S/C19H16O5/c1-11(20)10-14(12-6-2-4-8-15(12)21)17-18(22)13-7-3-5-9-16(13)24-19(17)23/h2-9,14,21-22H,10H2,1H3. The SMILES string of the molecule is CC(=O)CC(c1ccccc1O)c1c(O)c2ccccc2oc1=O. The molecule has 3 rings (SSSR count). The molecular weight excluding hydrogens is 308 g/mol. The number of aromatic hydroxyl groups is 2. The Bertz CT molecular complexity index is 971. The van der Waals surface area contributed by atoms with Crippen LogP contribution in [0.2, 0.25) is 0 Å². The summed E-state index contributed by atoms with van der Waals surface area (Å²) in [7, 11) is 0. The third kappa shape index (κ3) is 2.76. The summed E-state index contributed by atoms with van der Waals surface area (Å²) in [6.07, 6.45) is -0.0335. The number of fused-ring (bicyclic) bond motifs is 1. The summed E-state index contributed by atoms with van der Waals surface area (Å²) in [5.41, 5.74) is -0.0840.